The molecule has 0 saturated heterocycles. The highest BCUT2D eigenvalue weighted by molar-refractivity contribution is 5.12. The number of likely N-dealkylation sites (N-methyl/N-ethyl adjacent to an activating group) is 1. The maximum Gasteiger partial charge on any atom is 0.125 e. The SMILES string of the molecule is CCc1cc(CC(COC)NC)nc(C)n1. The summed E-state index contributed by atoms with van der Waals surface area (Å²) in [5.41, 5.74) is 2.19. The normalized spacial score (nSPS) is 12.8. The lowest BCUT2D eigenvalue weighted by molar-refractivity contribution is 0.169. The van der Waals surface area contributed by atoms with Gasteiger partial charge in [-0.3, -0.25) is 0 Å². The number of nitrogens with one attached hydrogen (secondary N) is 1. The molecule has 1 aromatic rings. The molecule has 0 radical (unpaired) electrons. The minimum atomic E-state index is 0.309. The van der Waals surface area contributed by atoms with E-state index in [1.807, 2.05) is 14.0 Å². The lowest BCUT2D eigenvalue weighted by Gasteiger charge is -2.15. The first kappa shape index (κ1) is 13.1. The molecule has 1 heterocycles. The van der Waals surface area contributed by atoms with Crippen LogP contribution in [0.25, 0.3) is 0 Å². The Kier molecular flexibility index (Phi) is 5.35. The van der Waals surface area contributed by atoms with E-state index in [0.717, 1.165) is 30.1 Å². The van der Waals surface area contributed by atoms with Gasteiger partial charge in [0, 0.05) is 31.0 Å². The van der Waals surface area contributed by atoms with Gasteiger partial charge in [-0.25, -0.2) is 9.97 Å². The second kappa shape index (κ2) is 6.55. The highest BCUT2D eigenvalue weighted by Crippen LogP contribution is 2.05. The third-order valence-electron chi connectivity index (χ3n) is 2.54. The highest BCUT2D eigenvalue weighted by Gasteiger charge is 2.09. The summed E-state index contributed by atoms with van der Waals surface area (Å²) in [6.07, 6.45) is 1.82. The van der Waals surface area contributed by atoms with Crippen molar-refractivity contribution in [1.82, 2.24) is 15.3 Å². The number of aromatic nitrogens is 2. The van der Waals surface area contributed by atoms with Gasteiger partial charge in [-0.05, 0) is 26.5 Å². The predicted molar refractivity (Wildman–Crippen MR) is 64.6 cm³/mol. The molecule has 0 aromatic carbocycles. The molecular formula is C12H21N3O. The molecule has 4 nitrogen and oxygen atoms in total. The van der Waals surface area contributed by atoms with E-state index in [2.05, 4.69) is 28.3 Å². The third-order valence-corrected chi connectivity index (χ3v) is 2.54. The van der Waals surface area contributed by atoms with Crippen LogP contribution >= 0.6 is 0 Å². The van der Waals surface area contributed by atoms with Crippen LogP contribution in [-0.4, -0.2) is 36.8 Å². The molecule has 0 aliphatic carbocycles. The van der Waals surface area contributed by atoms with E-state index in [1.165, 1.54) is 0 Å². The van der Waals surface area contributed by atoms with Crippen LogP contribution in [0.15, 0.2) is 6.07 Å². The van der Waals surface area contributed by atoms with Crippen molar-refractivity contribution in [3.05, 3.63) is 23.3 Å². The molecule has 1 unspecified atom stereocenters. The number of hydrogen-bond acceptors (Lipinski definition) is 4. The Morgan fingerprint density at radius 1 is 1.38 bits per heavy atom. The second-order valence-electron chi connectivity index (χ2n) is 3.90. The number of hydrogen-bond donors (Lipinski definition) is 1. The molecule has 1 rings (SSSR count). The van der Waals surface area contributed by atoms with Crippen molar-refractivity contribution >= 4 is 0 Å². The average molecular weight is 223 g/mol. The van der Waals surface area contributed by atoms with Gasteiger partial charge >= 0.3 is 0 Å². The van der Waals surface area contributed by atoms with E-state index < -0.39 is 0 Å². The zero-order chi connectivity index (χ0) is 12.0. The molecule has 0 amide bonds. The maximum absolute atomic E-state index is 5.15. The second-order valence-corrected chi connectivity index (χ2v) is 3.90. The number of methoxy groups -OCH3 is 1. The van der Waals surface area contributed by atoms with Crippen molar-refractivity contribution in [3.63, 3.8) is 0 Å². The van der Waals surface area contributed by atoms with Crippen LogP contribution in [0.2, 0.25) is 0 Å². The van der Waals surface area contributed by atoms with Gasteiger partial charge in [0.25, 0.3) is 0 Å². The summed E-state index contributed by atoms with van der Waals surface area (Å²) in [5.74, 6) is 0.849. The standard InChI is InChI=1S/C12H21N3O/c1-5-10-6-11(15-9(2)14-10)7-12(13-3)8-16-4/h6,12-13H,5,7-8H2,1-4H3. The van der Waals surface area contributed by atoms with E-state index in [4.69, 9.17) is 4.74 Å². The topological polar surface area (TPSA) is 47.0 Å². The van der Waals surface area contributed by atoms with Crippen molar-refractivity contribution in [2.75, 3.05) is 20.8 Å². The minimum absolute atomic E-state index is 0.309. The number of aryl methyl sites for hydroxylation is 2. The van der Waals surface area contributed by atoms with E-state index in [1.54, 1.807) is 7.11 Å². The summed E-state index contributed by atoms with van der Waals surface area (Å²) in [6, 6.07) is 2.39. The van der Waals surface area contributed by atoms with E-state index in [9.17, 15) is 0 Å². The Bertz CT molecular complexity index is 328. The zero-order valence-electron chi connectivity index (χ0n) is 10.6. The molecule has 0 aliphatic heterocycles. The quantitative estimate of drug-likeness (QED) is 0.785. The molecule has 4 heteroatoms. The Labute approximate surface area is 97.5 Å². The predicted octanol–water partition coefficient (Wildman–Crippen LogP) is 1.12. The molecule has 0 saturated carbocycles. The van der Waals surface area contributed by atoms with Gasteiger partial charge in [-0.2, -0.15) is 0 Å². The summed E-state index contributed by atoms with van der Waals surface area (Å²) in [4.78, 5) is 8.81. The third kappa shape index (κ3) is 3.87. The summed E-state index contributed by atoms with van der Waals surface area (Å²) in [5, 5.41) is 3.22. The fourth-order valence-corrected chi connectivity index (χ4v) is 1.68. The van der Waals surface area contributed by atoms with Crippen LogP contribution in [0.5, 0.6) is 0 Å². The highest BCUT2D eigenvalue weighted by atomic mass is 16.5. The molecule has 1 atom stereocenters. The Hall–Kier alpha value is -1.00. The molecule has 0 fully saturated rings. The van der Waals surface area contributed by atoms with Crippen molar-refractivity contribution in [1.29, 1.82) is 0 Å². The average Bonchev–Trinajstić information content (AvgIpc) is 2.27. The minimum Gasteiger partial charge on any atom is -0.383 e. The largest absolute Gasteiger partial charge is 0.383 e. The van der Waals surface area contributed by atoms with Gasteiger partial charge in [0.15, 0.2) is 0 Å². The summed E-state index contributed by atoms with van der Waals surface area (Å²) < 4.78 is 5.15. The van der Waals surface area contributed by atoms with Gasteiger partial charge in [-0.15, -0.1) is 0 Å². The monoisotopic (exact) mass is 223 g/mol. The number of nitrogens with zero attached hydrogens (tertiary/aromatic N) is 2. The van der Waals surface area contributed by atoms with Crippen LogP contribution < -0.4 is 5.32 Å². The Morgan fingerprint density at radius 3 is 2.62 bits per heavy atom. The lowest BCUT2D eigenvalue weighted by Crippen LogP contribution is -2.32. The van der Waals surface area contributed by atoms with Crippen LogP contribution in [0.1, 0.15) is 24.1 Å². The molecule has 1 aromatic heterocycles. The summed E-state index contributed by atoms with van der Waals surface area (Å²) in [7, 11) is 3.66. The van der Waals surface area contributed by atoms with Gasteiger partial charge in [0.05, 0.1) is 6.61 Å². The Morgan fingerprint density at radius 2 is 2.06 bits per heavy atom. The van der Waals surface area contributed by atoms with Crippen LogP contribution in [0, 0.1) is 6.92 Å². The van der Waals surface area contributed by atoms with Crippen LogP contribution in [0.4, 0.5) is 0 Å². The number of rotatable bonds is 6. The van der Waals surface area contributed by atoms with Crippen LogP contribution in [0.3, 0.4) is 0 Å². The number of ether oxygens (including phenoxy) is 1. The molecule has 16 heavy (non-hydrogen) atoms. The van der Waals surface area contributed by atoms with Gasteiger partial charge < -0.3 is 10.1 Å². The van der Waals surface area contributed by atoms with Gasteiger partial charge in [0.2, 0.25) is 0 Å². The molecular weight excluding hydrogens is 202 g/mol. The first-order valence-corrected chi connectivity index (χ1v) is 5.69. The van der Waals surface area contributed by atoms with E-state index in [-0.39, 0.29) is 0 Å². The van der Waals surface area contributed by atoms with E-state index in [0.29, 0.717) is 12.6 Å². The van der Waals surface area contributed by atoms with Crippen LogP contribution in [-0.2, 0) is 17.6 Å². The van der Waals surface area contributed by atoms with Crippen molar-refractivity contribution in [2.45, 2.75) is 32.7 Å². The van der Waals surface area contributed by atoms with Crippen molar-refractivity contribution in [2.24, 2.45) is 0 Å². The fraction of sp³-hybridized carbons (Fsp3) is 0.667. The smallest absolute Gasteiger partial charge is 0.125 e. The molecule has 0 spiro atoms. The first-order valence-electron chi connectivity index (χ1n) is 5.69. The zero-order valence-corrected chi connectivity index (χ0v) is 10.6. The fourth-order valence-electron chi connectivity index (χ4n) is 1.68. The lowest BCUT2D eigenvalue weighted by atomic mass is 10.1. The van der Waals surface area contributed by atoms with Gasteiger partial charge in [-0.1, -0.05) is 6.92 Å². The molecule has 0 bridgehead atoms. The Balaban J connectivity index is 2.74. The first-order chi connectivity index (χ1) is 7.69. The summed E-state index contributed by atoms with van der Waals surface area (Å²) in [6.45, 7) is 4.74. The summed E-state index contributed by atoms with van der Waals surface area (Å²) >= 11 is 0. The molecule has 90 valence electrons. The maximum atomic E-state index is 5.15. The molecule has 1 N–H and O–H groups in total. The molecule has 0 aliphatic rings. The van der Waals surface area contributed by atoms with Crippen molar-refractivity contribution in [3.8, 4) is 0 Å². The van der Waals surface area contributed by atoms with Crippen molar-refractivity contribution < 1.29 is 4.74 Å². The van der Waals surface area contributed by atoms with E-state index >= 15 is 0 Å². The van der Waals surface area contributed by atoms with Gasteiger partial charge in [0.1, 0.15) is 5.82 Å².